The van der Waals surface area contributed by atoms with Crippen LogP contribution in [0.4, 0.5) is 16.3 Å². The van der Waals surface area contributed by atoms with Crippen LogP contribution >= 0.6 is 11.3 Å². The molecular weight excluding hydrogens is 327 g/mol. The smallest absolute Gasteiger partial charge is 0.250 e. The summed E-state index contributed by atoms with van der Waals surface area (Å²) in [6, 6.07) is 8.20. The highest BCUT2D eigenvalue weighted by atomic mass is 32.1. The highest BCUT2D eigenvalue weighted by Gasteiger charge is 2.12. The monoisotopic (exact) mass is 340 g/mol. The molecule has 8 heteroatoms. The summed E-state index contributed by atoms with van der Waals surface area (Å²) in [5, 5.41) is 9.43. The van der Waals surface area contributed by atoms with Crippen molar-refractivity contribution in [2.75, 3.05) is 5.32 Å². The molecule has 0 amide bonds. The summed E-state index contributed by atoms with van der Waals surface area (Å²) in [5.41, 5.74) is 3.48. The van der Waals surface area contributed by atoms with Gasteiger partial charge in [0.25, 0.3) is 5.95 Å². The lowest BCUT2D eigenvalue weighted by molar-refractivity contribution is 0.628. The number of halogens is 1. The molecule has 0 saturated carbocycles. The number of thiazole rings is 1. The van der Waals surface area contributed by atoms with Crippen LogP contribution in [0.5, 0.6) is 0 Å². The van der Waals surface area contributed by atoms with Crippen LogP contribution in [0.2, 0.25) is 0 Å². The average molecular weight is 340 g/mol. The Balaban J connectivity index is 1.70. The third-order valence-electron chi connectivity index (χ3n) is 3.43. The normalized spacial score (nSPS) is 11.1. The van der Waals surface area contributed by atoms with Crippen LogP contribution in [0.3, 0.4) is 0 Å². The maximum Gasteiger partial charge on any atom is 0.250 e. The fourth-order valence-corrected chi connectivity index (χ4v) is 3.27. The van der Waals surface area contributed by atoms with E-state index in [0.29, 0.717) is 11.9 Å². The molecule has 24 heavy (non-hydrogen) atoms. The Morgan fingerprint density at radius 1 is 1.00 bits per heavy atom. The van der Waals surface area contributed by atoms with Crippen LogP contribution in [0, 0.1) is 19.7 Å². The molecule has 0 atom stereocenters. The molecule has 0 fully saturated rings. The van der Waals surface area contributed by atoms with Crippen LogP contribution in [0.25, 0.3) is 16.2 Å². The molecule has 1 aromatic carbocycles. The van der Waals surface area contributed by atoms with E-state index in [0.717, 1.165) is 27.6 Å². The van der Waals surface area contributed by atoms with Gasteiger partial charge in [-0.05, 0) is 44.2 Å². The number of anilines is 2. The molecule has 4 rings (SSSR count). The second kappa shape index (κ2) is 5.64. The summed E-state index contributed by atoms with van der Waals surface area (Å²) < 4.78 is 14.8. The molecule has 0 unspecified atom stereocenters. The Labute approximate surface area is 141 Å². The van der Waals surface area contributed by atoms with E-state index in [9.17, 15) is 4.39 Å². The van der Waals surface area contributed by atoms with E-state index in [1.54, 1.807) is 16.6 Å². The Morgan fingerprint density at radius 2 is 1.71 bits per heavy atom. The number of nitrogens with zero attached hydrogens (tertiary/aromatic N) is 5. The molecule has 0 spiro atoms. The molecule has 0 bridgehead atoms. The van der Waals surface area contributed by atoms with E-state index in [-0.39, 0.29) is 5.82 Å². The first kappa shape index (κ1) is 14.7. The van der Waals surface area contributed by atoms with Crippen molar-refractivity contribution in [2.24, 2.45) is 0 Å². The van der Waals surface area contributed by atoms with Gasteiger partial charge in [0.05, 0.1) is 5.69 Å². The third kappa shape index (κ3) is 2.71. The second-order valence-electron chi connectivity index (χ2n) is 5.36. The summed E-state index contributed by atoms with van der Waals surface area (Å²) >= 11 is 1.47. The summed E-state index contributed by atoms with van der Waals surface area (Å²) in [7, 11) is 0. The van der Waals surface area contributed by atoms with E-state index < -0.39 is 0 Å². The average Bonchev–Trinajstić information content (AvgIpc) is 3.07. The predicted octanol–water partition coefficient (Wildman–Crippen LogP) is 3.75. The summed E-state index contributed by atoms with van der Waals surface area (Å²) in [5.74, 6) is 0.627. The molecule has 6 nitrogen and oxygen atoms in total. The molecule has 0 aliphatic carbocycles. The van der Waals surface area contributed by atoms with E-state index in [1.807, 2.05) is 25.3 Å². The molecule has 0 saturated heterocycles. The van der Waals surface area contributed by atoms with Gasteiger partial charge >= 0.3 is 0 Å². The fourth-order valence-electron chi connectivity index (χ4n) is 2.44. The van der Waals surface area contributed by atoms with E-state index in [4.69, 9.17) is 0 Å². The molecular formula is C16H13FN6S. The van der Waals surface area contributed by atoms with Crippen molar-refractivity contribution in [3.8, 4) is 11.3 Å². The molecule has 0 radical (unpaired) electrons. The SMILES string of the molecule is Cc1cc(C)nc(Nc2nc3scc(-c4ccc(F)cc4)n3n2)n1. The molecule has 3 heterocycles. The molecule has 0 aliphatic rings. The zero-order valence-electron chi connectivity index (χ0n) is 13.0. The quantitative estimate of drug-likeness (QED) is 0.615. The van der Waals surface area contributed by atoms with Gasteiger partial charge in [-0.1, -0.05) is 0 Å². The van der Waals surface area contributed by atoms with Gasteiger partial charge in [0.15, 0.2) is 0 Å². The minimum atomic E-state index is -0.266. The maximum absolute atomic E-state index is 13.1. The van der Waals surface area contributed by atoms with E-state index in [1.165, 1.54) is 23.5 Å². The van der Waals surface area contributed by atoms with E-state index in [2.05, 4.69) is 25.4 Å². The predicted molar refractivity (Wildman–Crippen MR) is 91.0 cm³/mol. The minimum absolute atomic E-state index is 0.266. The molecule has 4 aromatic rings. The van der Waals surface area contributed by atoms with Gasteiger partial charge in [0.1, 0.15) is 5.82 Å². The lowest BCUT2D eigenvalue weighted by atomic mass is 10.2. The Hall–Kier alpha value is -2.87. The first-order chi connectivity index (χ1) is 11.6. The van der Waals surface area contributed by atoms with Crippen molar-refractivity contribution < 1.29 is 4.39 Å². The van der Waals surface area contributed by atoms with Gasteiger partial charge in [0.2, 0.25) is 10.9 Å². The van der Waals surface area contributed by atoms with Crippen molar-refractivity contribution in [1.29, 1.82) is 0 Å². The summed E-state index contributed by atoms with van der Waals surface area (Å²) in [6.45, 7) is 3.82. The van der Waals surface area contributed by atoms with Gasteiger partial charge in [-0.25, -0.2) is 18.9 Å². The number of aryl methyl sites for hydroxylation is 2. The first-order valence-corrected chi connectivity index (χ1v) is 8.16. The van der Waals surface area contributed by atoms with Gasteiger partial charge in [-0.3, -0.25) is 5.32 Å². The molecule has 3 aromatic heterocycles. The van der Waals surface area contributed by atoms with E-state index >= 15 is 0 Å². The Morgan fingerprint density at radius 3 is 2.42 bits per heavy atom. The summed E-state index contributed by atoms with van der Waals surface area (Å²) in [6.07, 6.45) is 0. The number of nitrogens with one attached hydrogen (secondary N) is 1. The van der Waals surface area contributed by atoms with Gasteiger partial charge < -0.3 is 0 Å². The number of hydrogen-bond acceptors (Lipinski definition) is 6. The standard InChI is InChI=1S/C16H13FN6S/c1-9-7-10(2)19-14(18-9)20-15-21-16-23(22-15)13(8-24-16)11-3-5-12(17)6-4-11/h3-8H,1-2H3,(H,18,19,20,22). The van der Waals surface area contributed by atoms with Crippen LogP contribution in [0.15, 0.2) is 35.7 Å². The lowest BCUT2D eigenvalue weighted by Gasteiger charge is -2.02. The van der Waals surface area contributed by atoms with Crippen LogP contribution in [-0.4, -0.2) is 24.6 Å². The van der Waals surface area contributed by atoms with Gasteiger partial charge in [0, 0.05) is 22.3 Å². The maximum atomic E-state index is 13.1. The fraction of sp³-hybridized carbons (Fsp3) is 0.125. The van der Waals surface area contributed by atoms with Crippen molar-refractivity contribution in [1.82, 2.24) is 24.6 Å². The third-order valence-corrected chi connectivity index (χ3v) is 4.24. The highest BCUT2D eigenvalue weighted by Crippen LogP contribution is 2.26. The largest absolute Gasteiger partial charge is 0.291 e. The van der Waals surface area contributed by atoms with Crippen molar-refractivity contribution in [2.45, 2.75) is 13.8 Å². The van der Waals surface area contributed by atoms with Gasteiger partial charge in [-0.2, -0.15) is 4.98 Å². The number of fused-ring (bicyclic) bond motifs is 1. The number of benzene rings is 1. The zero-order valence-corrected chi connectivity index (χ0v) is 13.8. The topological polar surface area (TPSA) is 68.0 Å². The highest BCUT2D eigenvalue weighted by molar-refractivity contribution is 7.15. The zero-order chi connectivity index (χ0) is 16.7. The first-order valence-electron chi connectivity index (χ1n) is 7.28. The molecule has 120 valence electrons. The van der Waals surface area contributed by atoms with Crippen LogP contribution in [0.1, 0.15) is 11.4 Å². The lowest BCUT2D eigenvalue weighted by Crippen LogP contribution is -2.01. The minimum Gasteiger partial charge on any atom is -0.291 e. The van der Waals surface area contributed by atoms with Crippen LogP contribution < -0.4 is 5.32 Å². The Kier molecular flexibility index (Phi) is 3.46. The Bertz CT molecular complexity index is 1000. The number of hydrogen-bond donors (Lipinski definition) is 1. The number of rotatable bonds is 3. The van der Waals surface area contributed by atoms with Crippen molar-refractivity contribution in [3.05, 3.63) is 52.9 Å². The van der Waals surface area contributed by atoms with Crippen molar-refractivity contribution >= 4 is 28.2 Å². The van der Waals surface area contributed by atoms with Gasteiger partial charge in [-0.15, -0.1) is 16.4 Å². The summed E-state index contributed by atoms with van der Waals surface area (Å²) in [4.78, 5) is 13.8. The van der Waals surface area contributed by atoms with Crippen LogP contribution in [-0.2, 0) is 0 Å². The van der Waals surface area contributed by atoms with Crippen molar-refractivity contribution in [3.63, 3.8) is 0 Å². The second-order valence-corrected chi connectivity index (χ2v) is 6.19. The number of aromatic nitrogens is 5. The molecule has 1 N–H and O–H groups in total. The molecule has 0 aliphatic heterocycles.